The Morgan fingerprint density at radius 2 is 2.24 bits per heavy atom. The highest BCUT2D eigenvalue weighted by molar-refractivity contribution is 5.95. The molecule has 1 fully saturated rings. The first-order chi connectivity index (χ1) is 8.20. The summed E-state index contributed by atoms with van der Waals surface area (Å²) in [5, 5.41) is 8.67. The van der Waals surface area contributed by atoms with Crippen molar-refractivity contribution >= 4 is 11.6 Å². The molecule has 0 N–H and O–H groups in total. The van der Waals surface area contributed by atoms with Crippen molar-refractivity contribution in [2.24, 2.45) is 0 Å². The van der Waals surface area contributed by atoms with E-state index in [-0.39, 0.29) is 5.91 Å². The maximum Gasteiger partial charge on any atom is 0.241 e. The minimum Gasteiger partial charge on any atom is -0.310 e. The standard InChI is InChI=1S/C13H15N3O/c1-15-7-8-16(13(17)10-15)12-4-2-3-11(9-12)5-6-14/h2-4,9H,5,7-8,10H2,1H3. The van der Waals surface area contributed by atoms with Gasteiger partial charge < -0.3 is 4.90 Å². The minimum absolute atomic E-state index is 0.118. The van der Waals surface area contributed by atoms with Crippen LogP contribution in [0.5, 0.6) is 0 Å². The van der Waals surface area contributed by atoms with Gasteiger partial charge in [-0.05, 0) is 24.7 Å². The van der Waals surface area contributed by atoms with Crippen molar-refractivity contribution in [3.05, 3.63) is 29.8 Å². The fourth-order valence-corrected chi connectivity index (χ4v) is 1.99. The number of nitriles is 1. The Labute approximate surface area is 101 Å². The number of amides is 1. The molecule has 4 nitrogen and oxygen atoms in total. The van der Waals surface area contributed by atoms with E-state index in [0.717, 1.165) is 17.8 Å². The van der Waals surface area contributed by atoms with Crippen molar-refractivity contribution in [3.8, 4) is 6.07 Å². The van der Waals surface area contributed by atoms with Gasteiger partial charge in [-0.3, -0.25) is 9.69 Å². The van der Waals surface area contributed by atoms with E-state index >= 15 is 0 Å². The second-order valence-corrected chi connectivity index (χ2v) is 4.29. The number of likely N-dealkylation sites (N-methyl/N-ethyl adjacent to an activating group) is 1. The molecule has 1 aromatic rings. The van der Waals surface area contributed by atoms with Gasteiger partial charge >= 0.3 is 0 Å². The summed E-state index contributed by atoms with van der Waals surface area (Å²) < 4.78 is 0. The Hall–Kier alpha value is -1.86. The lowest BCUT2D eigenvalue weighted by Crippen LogP contribution is -2.48. The van der Waals surface area contributed by atoms with Crippen molar-refractivity contribution in [1.29, 1.82) is 5.26 Å². The van der Waals surface area contributed by atoms with Crippen LogP contribution in [0.3, 0.4) is 0 Å². The predicted octanol–water partition coefficient (Wildman–Crippen LogP) is 1.03. The molecule has 0 radical (unpaired) electrons. The molecular weight excluding hydrogens is 214 g/mol. The second-order valence-electron chi connectivity index (χ2n) is 4.29. The van der Waals surface area contributed by atoms with Crippen LogP contribution < -0.4 is 4.90 Å². The molecule has 88 valence electrons. The third kappa shape index (κ3) is 2.63. The topological polar surface area (TPSA) is 47.3 Å². The summed E-state index contributed by atoms with van der Waals surface area (Å²) in [6.07, 6.45) is 0.385. The lowest BCUT2D eigenvalue weighted by Gasteiger charge is -2.32. The van der Waals surface area contributed by atoms with E-state index in [0.29, 0.717) is 19.5 Å². The van der Waals surface area contributed by atoms with Crippen LogP contribution in [0.15, 0.2) is 24.3 Å². The number of anilines is 1. The van der Waals surface area contributed by atoms with Crippen LogP contribution in [0, 0.1) is 11.3 Å². The molecule has 1 aliphatic heterocycles. The van der Waals surface area contributed by atoms with Crippen LogP contribution in [-0.2, 0) is 11.2 Å². The fourth-order valence-electron chi connectivity index (χ4n) is 1.99. The molecular formula is C13H15N3O. The SMILES string of the molecule is CN1CCN(c2cccc(CC#N)c2)C(=O)C1. The van der Waals surface area contributed by atoms with Crippen molar-refractivity contribution < 1.29 is 4.79 Å². The third-order valence-corrected chi connectivity index (χ3v) is 2.92. The number of carbonyl (C=O) groups excluding carboxylic acids is 1. The van der Waals surface area contributed by atoms with Gasteiger partial charge in [-0.1, -0.05) is 12.1 Å². The van der Waals surface area contributed by atoms with Gasteiger partial charge in [0.2, 0.25) is 5.91 Å². The van der Waals surface area contributed by atoms with E-state index in [2.05, 4.69) is 6.07 Å². The maximum absolute atomic E-state index is 11.9. The molecule has 0 atom stereocenters. The Balaban J connectivity index is 2.19. The van der Waals surface area contributed by atoms with Crippen molar-refractivity contribution in [2.75, 3.05) is 31.6 Å². The van der Waals surface area contributed by atoms with E-state index in [4.69, 9.17) is 5.26 Å². The smallest absolute Gasteiger partial charge is 0.241 e. The van der Waals surface area contributed by atoms with Gasteiger partial charge in [-0.15, -0.1) is 0 Å². The largest absolute Gasteiger partial charge is 0.310 e. The number of nitrogens with zero attached hydrogens (tertiary/aromatic N) is 3. The zero-order valence-corrected chi connectivity index (χ0v) is 9.89. The van der Waals surface area contributed by atoms with Gasteiger partial charge in [0.15, 0.2) is 0 Å². The summed E-state index contributed by atoms with van der Waals surface area (Å²) in [4.78, 5) is 15.7. The zero-order chi connectivity index (χ0) is 12.3. The molecule has 0 saturated carbocycles. The molecule has 17 heavy (non-hydrogen) atoms. The van der Waals surface area contributed by atoms with Gasteiger partial charge in [-0.2, -0.15) is 5.26 Å². The first kappa shape index (κ1) is 11.6. The van der Waals surface area contributed by atoms with Gasteiger partial charge in [0.05, 0.1) is 19.0 Å². The monoisotopic (exact) mass is 229 g/mol. The number of benzene rings is 1. The van der Waals surface area contributed by atoms with Crippen molar-refractivity contribution in [3.63, 3.8) is 0 Å². The molecule has 1 heterocycles. The zero-order valence-electron chi connectivity index (χ0n) is 9.89. The lowest BCUT2D eigenvalue weighted by molar-refractivity contribution is -0.120. The van der Waals surface area contributed by atoms with Crippen molar-refractivity contribution in [2.45, 2.75) is 6.42 Å². The number of hydrogen-bond acceptors (Lipinski definition) is 3. The lowest BCUT2D eigenvalue weighted by atomic mass is 10.1. The fraction of sp³-hybridized carbons (Fsp3) is 0.385. The summed E-state index contributed by atoms with van der Waals surface area (Å²) in [5.74, 6) is 0.118. The average molecular weight is 229 g/mol. The summed E-state index contributed by atoms with van der Waals surface area (Å²) in [6.45, 7) is 2.06. The number of hydrogen-bond donors (Lipinski definition) is 0. The van der Waals surface area contributed by atoms with Gasteiger partial charge in [0.1, 0.15) is 0 Å². The predicted molar refractivity (Wildman–Crippen MR) is 65.6 cm³/mol. The quantitative estimate of drug-likeness (QED) is 0.761. The molecule has 1 aromatic carbocycles. The highest BCUT2D eigenvalue weighted by atomic mass is 16.2. The molecule has 0 aliphatic carbocycles. The molecule has 0 spiro atoms. The molecule has 1 aliphatic rings. The minimum atomic E-state index is 0.118. The molecule has 0 unspecified atom stereocenters. The Bertz CT molecular complexity index is 464. The molecule has 1 amide bonds. The van der Waals surface area contributed by atoms with E-state index in [9.17, 15) is 4.79 Å². The number of rotatable bonds is 2. The van der Waals surface area contributed by atoms with E-state index in [1.165, 1.54) is 0 Å². The first-order valence-electron chi connectivity index (χ1n) is 5.65. The normalized spacial score (nSPS) is 16.9. The molecule has 2 rings (SSSR count). The van der Waals surface area contributed by atoms with Gasteiger partial charge in [-0.25, -0.2) is 0 Å². The van der Waals surface area contributed by atoms with E-state index in [1.807, 2.05) is 36.2 Å². The van der Waals surface area contributed by atoms with Gasteiger partial charge in [0.25, 0.3) is 0 Å². The summed E-state index contributed by atoms with van der Waals surface area (Å²) in [6, 6.07) is 9.77. The van der Waals surface area contributed by atoms with E-state index < -0.39 is 0 Å². The Kier molecular flexibility index (Phi) is 3.40. The average Bonchev–Trinajstić information content (AvgIpc) is 2.29. The summed E-state index contributed by atoms with van der Waals surface area (Å²) in [7, 11) is 1.95. The third-order valence-electron chi connectivity index (χ3n) is 2.92. The maximum atomic E-state index is 11.9. The van der Waals surface area contributed by atoms with Crippen molar-refractivity contribution in [1.82, 2.24) is 4.90 Å². The van der Waals surface area contributed by atoms with Gasteiger partial charge in [0, 0.05) is 18.8 Å². The molecule has 0 bridgehead atoms. The summed E-state index contributed by atoms with van der Waals surface area (Å²) >= 11 is 0. The van der Waals surface area contributed by atoms with Crippen LogP contribution in [0.2, 0.25) is 0 Å². The Morgan fingerprint density at radius 1 is 1.41 bits per heavy atom. The van der Waals surface area contributed by atoms with Crippen LogP contribution in [0.25, 0.3) is 0 Å². The van der Waals surface area contributed by atoms with Crippen LogP contribution in [0.4, 0.5) is 5.69 Å². The van der Waals surface area contributed by atoms with Crippen LogP contribution >= 0.6 is 0 Å². The second kappa shape index (κ2) is 4.98. The Morgan fingerprint density at radius 3 is 2.94 bits per heavy atom. The highest BCUT2D eigenvalue weighted by Crippen LogP contribution is 2.18. The van der Waals surface area contributed by atoms with Crippen LogP contribution in [0.1, 0.15) is 5.56 Å². The number of carbonyl (C=O) groups is 1. The molecule has 0 aromatic heterocycles. The highest BCUT2D eigenvalue weighted by Gasteiger charge is 2.22. The molecule has 1 saturated heterocycles. The van der Waals surface area contributed by atoms with E-state index in [1.54, 1.807) is 4.90 Å². The molecule has 4 heteroatoms. The number of piperazine rings is 1. The van der Waals surface area contributed by atoms with Crippen LogP contribution in [-0.4, -0.2) is 37.5 Å². The first-order valence-corrected chi connectivity index (χ1v) is 5.65. The summed E-state index contributed by atoms with van der Waals surface area (Å²) in [5.41, 5.74) is 1.85.